The van der Waals surface area contributed by atoms with Gasteiger partial charge >= 0.3 is 0 Å². The number of ketones is 1. The zero-order chi connectivity index (χ0) is 16.9. The third kappa shape index (κ3) is 3.59. The smallest absolute Gasteiger partial charge is 0.200 e. The lowest BCUT2D eigenvalue weighted by Crippen LogP contribution is -2.04. The molecule has 0 unspecified atom stereocenters. The van der Waals surface area contributed by atoms with Gasteiger partial charge in [-0.1, -0.05) is 49.4 Å². The van der Waals surface area contributed by atoms with Gasteiger partial charge in [0.05, 0.1) is 12.0 Å². The minimum atomic E-state index is 0.0885. The Morgan fingerprint density at radius 2 is 2.00 bits per heavy atom. The second-order valence-electron chi connectivity index (χ2n) is 5.50. The summed E-state index contributed by atoms with van der Waals surface area (Å²) in [6.45, 7) is 2.15. The van der Waals surface area contributed by atoms with Crippen molar-refractivity contribution in [2.45, 2.75) is 24.9 Å². The topological polar surface area (TPSA) is 60.9 Å². The molecule has 0 N–H and O–H groups in total. The normalized spacial score (nSPS) is 10.9. The first kappa shape index (κ1) is 16.5. The summed E-state index contributed by atoms with van der Waals surface area (Å²) in [5, 5.41) is 8.96. The number of carbonyl (C=O) groups is 1. The molecule has 0 aliphatic heterocycles. The minimum absolute atomic E-state index is 0.0885. The number of carbonyl (C=O) groups excluding carboxylic acids is 1. The van der Waals surface area contributed by atoms with E-state index in [2.05, 4.69) is 17.1 Å². The van der Waals surface area contributed by atoms with Crippen LogP contribution in [0.3, 0.4) is 0 Å². The predicted octanol–water partition coefficient (Wildman–Crippen LogP) is 4.00. The van der Waals surface area contributed by atoms with E-state index in [1.165, 1.54) is 17.3 Å². The van der Waals surface area contributed by atoms with Crippen LogP contribution in [0, 0.1) is 0 Å². The Bertz CT molecular complexity index is 807. The molecule has 2 heterocycles. The maximum Gasteiger partial charge on any atom is 0.200 e. The molecule has 3 rings (SSSR count). The lowest BCUT2D eigenvalue weighted by molar-refractivity contribution is 0.102. The van der Waals surface area contributed by atoms with Crippen LogP contribution in [-0.4, -0.2) is 26.3 Å². The average molecular weight is 341 g/mol. The fraction of sp³-hybridized carbons (Fsp3) is 0.278. The molecule has 24 heavy (non-hydrogen) atoms. The maximum atomic E-state index is 12.3. The summed E-state index contributed by atoms with van der Waals surface area (Å²) in [6, 6.07) is 11.5. The highest BCUT2D eigenvalue weighted by atomic mass is 32.2. The molecule has 0 atom stereocenters. The van der Waals surface area contributed by atoms with Crippen LogP contribution in [0.5, 0.6) is 0 Å². The van der Waals surface area contributed by atoms with Crippen molar-refractivity contribution in [2.24, 2.45) is 7.05 Å². The van der Waals surface area contributed by atoms with Gasteiger partial charge in [0.2, 0.25) is 0 Å². The van der Waals surface area contributed by atoms with E-state index in [0.717, 1.165) is 18.4 Å². The van der Waals surface area contributed by atoms with Gasteiger partial charge in [0.25, 0.3) is 0 Å². The molecular formula is C18H19N3O2S. The van der Waals surface area contributed by atoms with Gasteiger partial charge in [0.1, 0.15) is 0 Å². The molecule has 0 fully saturated rings. The van der Waals surface area contributed by atoms with Gasteiger partial charge in [0, 0.05) is 12.6 Å². The van der Waals surface area contributed by atoms with Crippen LogP contribution in [0.4, 0.5) is 0 Å². The van der Waals surface area contributed by atoms with E-state index < -0.39 is 0 Å². The fourth-order valence-electron chi connectivity index (χ4n) is 2.42. The van der Waals surface area contributed by atoms with Crippen molar-refractivity contribution >= 4 is 17.5 Å². The van der Waals surface area contributed by atoms with Crippen molar-refractivity contribution in [1.29, 1.82) is 0 Å². The molecule has 124 valence electrons. The number of rotatable bonds is 7. The van der Waals surface area contributed by atoms with Crippen LogP contribution in [-0.2, 0) is 13.5 Å². The summed E-state index contributed by atoms with van der Waals surface area (Å²) < 4.78 is 7.17. The third-order valence-corrected chi connectivity index (χ3v) is 4.74. The predicted molar refractivity (Wildman–Crippen MR) is 94.2 cm³/mol. The van der Waals surface area contributed by atoms with Gasteiger partial charge in [-0.05, 0) is 24.1 Å². The Kier molecular flexibility index (Phi) is 5.15. The Morgan fingerprint density at radius 3 is 2.67 bits per heavy atom. The van der Waals surface area contributed by atoms with Gasteiger partial charge in [-0.3, -0.25) is 4.79 Å². The molecule has 6 heteroatoms. The highest BCUT2D eigenvalue weighted by molar-refractivity contribution is 7.99. The fourth-order valence-corrected chi connectivity index (χ4v) is 3.23. The number of aromatic nitrogens is 3. The van der Waals surface area contributed by atoms with Crippen LogP contribution in [0.15, 0.2) is 52.2 Å². The first-order chi connectivity index (χ1) is 11.7. The molecule has 2 aromatic heterocycles. The van der Waals surface area contributed by atoms with E-state index in [9.17, 15) is 4.79 Å². The maximum absolute atomic E-state index is 12.3. The SMILES string of the molecule is CCCc1ccc(C(=O)CSc2nnc(-c3ccco3)n2C)cc1. The largest absolute Gasteiger partial charge is 0.461 e. The van der Waals surface area contributed by atoms with Crippen molar-refractivity contribution in [3.05, 3.63) is 53.8 Å². The van der Waals surface area contributed by atoms with E-state index >= 15 is 0 Å². The summed E-state index contributed by atoms with van der Waals surface area (Å²) >= 11 is 1.38. The minimum Gasteiger partial charge on any atom is -0.461 e. The van der Waals surface area contributed by atoms with Gasteiger partial charge in [-0.15, -0.1) is 10.2 Å². The number of thioether (sulfide) groups is 1. The number of hydrogen-bond donors (Lipinski definition) is 0. The molecule has 0 bridgehead atoms. The Hall–Kier alpha value is -2.34. The van der Waals surface area contributed by atoms with Crippen LogP contribution < -0.4 is 0 Å². The standard InChI is InChI=1S/C18H19N3O2S/c1-3-5-13-7-9-14(10-8-13)15(22)12-24-18-20-19-17(21(18)2)16-6-4-11-23-16/h4,6-11H,3,5,12H2,1-2H3. The van der Waals surface area contributed by atoms with Crippen molar-refractivity contribution in [2.75, 3.05) is 5.75 Å². The van der Waals surface area contributed by atoms with E-state index in [1.807, 2.05) is 48.0 Å². The number of furan rings is 1. The summed E-state index contributed by atoms with van der Waals surface area (Å²) in [5.41, 5.74) is 1.99. The number of nitrogens with zero attached hydrogens (tertiary/aromatic N) is 3. The van der Waals surface area contributed by atoms with Crippen molar-refractivity contribution in [3.63, 3.8) is 0 Å². The van der Waals surface area contributed by atoms with E-state index in [4.69, 9.17) is 4.42 Å². The zero-order valence-corrected chi connectivity index (χ0v) is 14.5. The molecule has 5 nitrogen and oxygen atoms in total. The van der Waals surface area contributed by atoms with Gasteiger partial charge in [-0.2, -0.15) is 0 Å². The Balaban J connectivity index is 1.64. The van der Waals surface area contributed by atoms with Gasteiger partial charge in [-0.25, -0.2) is 0 Å². The molecule has 0 saturated carbocycles. The van der Waals surface area contributed by atoms with E-state index in [-0.39, 0.29) is 5.78 Å². The average Bonchev–Trinajstić information content (AvgIpc) is 3.23. The van der Waals surface area contributed by atoms with Gasteiger partial charge < -0.3 is 8.98 Å². The van der Waals surface area contributed by atoms with Gasteiger partial charge in [0.15, 0.2) is 22.5 Å². The Morgan fingerprint density at radius 1 is 1.21 bits per heavy atom. The molecule has 0 radical (unpaired) electrons. The summed E-state index contributed by atoms with van der Waals surface area (Å²) in [7, 11) is 1.87. The zero-order valence-electron chi connectivity index (χ0n) is 13.7. The monoisotopic (exact) mass is 341 g/mol. The van der Waals surface area contributed by atoms with E-state index in [0.29, 0.717) is 22.5 Å². The number of benzene rings is 1. The second kappa shape index (κ2) is 7.49. The third-order valence-electron chi connectivity index (χ3n) is 3.72. The first-order valence-electron chi connectivity index (χ1n) is 7.87. The molecule has 0 aliphatic rings. The molecule has 1 aromatic carbocycles. The molecule has 3 aromatic rings. The van der Waals surface area contributed by atoms with Crippen molar-refractivity contribution in [1.82, 2.24) is 14.8 Å². The van der Waals surface area contributed by atoms with Crippen molar-refractivity contribution < 1.29 is 9.21 Å². The van der Waals surface area contributed by atoms with Crippen molar-refractivity contribution in [3.8, 4) is 11.6 Å². The number of hydrogen-bond acceptors (Lipinski definition) is 5. The van der Waals surface area contributed by atoms with Crippen LogP contribution in [0.1, 0.15) is 29.3 Å². The quantitative estimate of drug-likeness (QED) is 0.480. The molecule has 0 spiro atoms. The first-order valence-corrected chi connectivity index (χ1v) is 8.85. The molecule has 0 saturated heterocycles. The summed E-state index contributed by atoms with van der Waals surface area (Å²) in [6.07, 6.45) is 3.74. The highest BCUT2D eigenvalue weighted by Gasteiger charge is 2.15. The Labute approximate surface area is 145 Å². The molecular weight excluding hydrogens is 322 g/mol. The van der Waals surface area contributed by atoms with Crippen LogP contribution in [0.25, 0.3) is 11.6 Å². The van der Waals surface area contributed by atoms with Crippen LogP contribution >= 0.6 is 11.8 Å². The number of Topliss-reactive ketones (excluding diaryl/α,β-unsaturated/α-hetero) is 1. The summed E-state index contributed by atoms with van der Waals surface area (Å²) in [5.74, 6) is 1.73. The molecule has 0 aliphatic carbocycles. The lowest BCUT2D eigenvalue weighted by atomic mass is 10.1. The number of aryl methyl sites for hydroxylation is 1. The summed E-state index contributed by atoms with van der Waals surface area (Å²) in [4.78, 5) is 12.3. The molecule has 0 amide bonds. The van der Waals surface area contributed by atoms with E-state index in [1.54, 1.807) is 6.26 Å². The second-order valence-corrected chi connectivity index (χ2v) is 6.44. The lowest BCUT2D eigenvalue weighted by Gasteiger charge is -2.04. The van der Waals surface area contributed by atoms with Crippen LogP contribution in [0.2, 0.25) is 0 Å². The highest BCUT2D eigenvalue weighted by Crippen LogP contribution is 2.23.